The van der Waals surface area contributed by atoms with Gasteiger partial charge in [0.1, 0.15) is 0 Å². The minimum absolute atomic E-state index is 0.0766. The molecule has 2 N–H and O–H groups in total. The highest BCUT2D eigenvalue weighted by Crippen LogP contribution is 2.10. The van der Waals surface area contributed by atoms with Gasteiger partial charge in [0.15, 0.2) is 0 Å². The smallest absolute Gasteiger partial charge is 0.0850 e. The lowest BCUT2D eigenvalue weighted by atomic mass is 10.1. The van der Waals surface area contributed by atoms with Gasteiger partial charge in [-0.15, -0.1) is 6.42 Å². The molecule has 0 radical (unpaired) electrons. The minimum atomic E-state index is 0.0766. The molecule has 0 saturated carbocycles. The highest BCUT2D eigenvalue weighted by atomic mass is 16.5. The number of ether oxygens (including phenoxy) is 1. The van der Waals surface area contributed by atoms with Gasteiger partial charge in [0.05, 0.1) is 18.8 Å². The molecule has 1 aliphatic rings. The van der Waals surface area contributed by atoms with E-state index in [9.17, 15) is 0 Å². The number of rotatable bonds is 2. The van der Waals surface area contributed by atoms with E-state index in [1.54, 1.807) is 0 Å². The van der Waals surface area contributed by atoms with E-state index in [0.29, 0.717) is 0 Å². The summed E-state index contributed by atoms with van der Waals surface area (Å²) in [6, 6.07) is 0.262. The van der Waals surface area contributed by atoms with Gasteiger partial charge in [0, 0.05) is 19.1 Å². The van der Waals surface area contributed by atoms with Gasteiger partial charge in [-0.25, -0.2) is 0 Å². The van der Waals surface area contributed by atoms with E-state index in [-0.39, 0.29) is 18.2 Å². The van der Waals surface area contributed by atoms with Crippen molar-refractivity contribution in [2.45, 2.75) is 32.0 Å². The molecule has 3 nitrogen and oxygen atoms in total. The Bertz CT molecular complexity index is 198. The Labute approximate surface area is 80.2 Å². The van der Waals surface area contributed by atoms with Gasteiger partial charge in [-0.1, -0.05) is 5.92 Å². The first-order valence-corrected chi connectivity index (χ1v) is 4.72. The summed E-state index contributed by atoms with van der Waals surface area (Å²) in [5, 5.41) is 0. The maximum absolute atomic E-state index is 5.77. The summed E-state index contributed by atoms with van der Waals surface area (Å²) in [5.41, 5.74) is 5.77. The van der Waals surface area contributed by atoms with Crippen LogP contribution in [0.5, 0.6) is 0 Å². The third-order valence-corrected chi connectivity index (χ3v) is 2.50. The zero-order valence-electron chi connectivity index (χ0n) is 8.36. The van der Waals surface area contributed by atoms with Gasteiger partial charge >= 0.3 is 0 Å². The molecule has 0 spiro atoms. The van der Waals surface area contributed by atoms with E-state index in [4.69, 9.17) is 16.9 Å². The van der Waals surface area contributed by atoms with Crippen molar-refractivity contribution < 1.29 is 4.74 Å². The van der Waals surface area contributed by atoms with E-state index >= 15 is 0 Å². The number of hydrogen-bond donors (Lipinski definition) is 1. The van der Waals surface area contributed by atoms with Gasteiger partial charge in [-0.05, 0) is 13.8 Å². The van der Waals surface area contributed by atoms with Crippen LogP contribution in [0.25, 0.3) is 0 Å². The van der Waals surface area contributed by atoms with Crippen molar-refractivity contribution in [3.63, 3.8) is 0 Å². The fraction of sp³-hybridized carbons (Fsp3) is 0.800. The molecule has 1 rings (SSSR count). The Morgan fingerprint density at radius 3 is 2.85 bits per heavy atom. The van der Waals surface area contributed by atoms with Crippen LogP contribution in [0, 0.1) is 12.3 Å². The van der Waals surface area contributed by atoms with Crippen LogP contribution in [-0.2, 0) is 4.74 Å². The standard InChI is InChI=1S/C10H18N2O/c1-4-8(2)12-5-6-13-10(7-12)9(3)11/h1,8-10H,5-7,11H2,2-3H3. The van der Waals surface area contributed by atoms with Crippen molar-refractivity contribution in [3.05, 3.63) is 0 Å². The third-order valence-electron chi connectivity index (χ3n) is 2.50. The highest BCUT2D eigenvalue weighted by molar-refractivity contribution is 4.98. The average Bonchev–Trinajstić information content (AvgIpc) is 2.17. The van der Waals surface area contributed by atoms with Gasteiger partial charge in [0.25, 0.3) is 0 Å². The fourth-order valence-electron chi connectivity index (χ4n) is 1.47. The van der Waals surface area contributed by atoms with Crippen molar-refractivity contribution in [2.24, 2.45) is 5.73 Å². The molecule has 1 fully saturated rings. The van der Waals surface area contributed by atoms with Gasteiger partial charge in [-0.3, -0.25) is 4.90 Å². The summed E-state index contributed by atoms with van der Waals surface area (Å²) >= 11 is 0. The van der Waals surface area contributed by atoms with Crippen LogP contribution in [0.3, 0.4) is 0 Å². The zero-order valence-corrected chi connectivity index (χ0v) is 8.36. The Kier molecular flexibility index (Phi) is 3.73. The van der Waals surface area contributed by atoms with Crippen LogP contribution in [0.15, 0.2) is 0 Å². The van der Waals surface area contributed by atoms with Gasteiger partial charge in [-0.2, -0.15) is 0 Å². The lowest BCUT2D eigenvalue weighted by Gasteiger charge is -2.36. The summed E-state index contributed by atoms with van der Waals surface area (Å²) in [7, 11) is 0. The Morgan fingerprint density at radius 1 is 1.62 bits per heavy atom. The molecular weight excluding hydrogens is 164 g/mol. The van der Waals surface area contributed by atoms with Crippen molar-refractivity contribution in [1.82, 2.24) is 4.90 Å². The molecule has 0 aliphatic carbocycles. The number of nitrogens with two attached hydrogens (primary N) is 1. The summed E-state index contributed by atoms with van der Waals surface area (Å²) in [4.78, 5) is 2.23. The van der Waals surface area contributed by atoms with Crippen molar-refractivity contribution >= 4 is 0 Å². The fourth-order valence-corrected chi connectivity index (χ4v) is 1.47. The van der Waals surface area contributed by atoms with Crippen molar-refractivity contribution in [1.29, 1.82) is 0 Å². The quantitative estimate of drug-likeness (QED) is 0.614. The van der Waals surface area contributed by atoms with E-state index in [0.717, 1.165) is 19.7 Å². The number of morpholine rings is 1. The van der Waals surface area contributed by atoms with Crippen LogP contribution < -0.4 is 5.73 Å². The lowest BCUT2D eigenvalue weighted by molar-refractivity contribution is -0.0428. The normalized spacial score (nSPS) is 29.2. The van der Waals surface area contributed by atoms with Crippen LogP contribution in [0.4, 0.5) is 0 Å². The first-order chi connectivity index (χ1) is 6.15. The van der Waals surface area contributed by atoms with E-state index < -0.39 is 0 Å². The van der Waals surface area contributed by atoms with Gasteiger partial charge < -0.3 is 10.5 Å². The molecule has 0 amide bonds. The average molecular weight is 182 g/mol. The molecule has 3 unspecified atom stereocenters. The monoisotopic (exact) mass is 182 g/mol. The topological polar surface area (TPSA) is 38.5 Å². The maximum atomic E-state index is 5.77. The predicted molar refractivity (Wildman–Crippen MR) is 53.3 cm³/mol. The molecule has 0 aromatic rings. The summed E-state index contributed by atoms with van der Waals surface area (Å²) < 4.78 is 5.53. The second-order valence-electron chi connectivity index (χ2n) is 3.61. The van der Waals surface area contributed by atoms with Crippen LogP contribution in [0.1, 0.15) is 13.8 Å². The molecule has 3 heteroatoms. The predicted octanol–water partition coefficient (Wildman–Crippen LogP) is 0.0561. The third kappa shape index (κ3) is 2.70. The van der Waals surface area contributed by atoms with E-state index in [2.05, 4.69) is 10.8 Å². The largest absolute Gasteiger partial charge is 0.374 e. The number of terminal acetylenes is 1. The molecule has 0 aromatic carbocycles. The number of nitrogens with zero attached hydrogens (tertiary/aromatic N) is 1. The van der Waals surface area contributed by atoms with E-state index in [1.165, 1.54) is 0 Å². The van der Waals surface area contributed by atoms with Gasteiger partial charge in [0.2, 0.25) is 0 Å². The number of hydrogen-bond acceptors (Lipinski definition) is 3. The molecule has 1 aliphatic heterocycles. The van der Waals surface area contributed by atoms with Crippen LogP contribution in [0.2, 0.25) is 0 Å². The Balaban J connectivity index is 2.47. The maximum Gasteiger partial charge on any atom is 0.0850 e. The molecule has 0 bridgehead atoms. The second-order valence-corrected chi connectivity index (χ2v) is 3.61. The molecule has 3 atom stereocenters. The van der Waals surface area contributed by atoms with Crippen molar-refractivity contribution in [2.75, 3.05) is 19.7 Å². The SMILES string of the molecule is C#CC(C)N1CCOC(C(C)N)C1. The van der Waals surface area contributed by atoms with Crippen LogP contribution in [-0.4, -0.2) is 42.8 Å². The Hall–Kier alpha value is -0.560. The van der Waals surface area contributed by atoms with Crippen LogP contribution >= 0.6 is 0 Å². The molecule has 74 valence electrons. The molecule has 0 aromatic heterocycles. The first-order valence-electron chi connectivity index (χ1n) is 4.72. The van der Waals surface area contributed by atoms with Crippen molar-refractivity contribution in [3.8, 4) is 12.3 Å². The zero-order chi connectivity index (χ0) is 9.84. The second kappa shape index (κ2) is 4.61. The van der Waals surface area contributed by atoms with E-state index in [1.807, 2.05) is 13.8 Å². The minimum Gasteiger partial charge on any atom is -0.374 e. The molecule has 1 saturated heterocycles. The summed E-state index contributed by atoms with van der Waals surface area (Å²) in [6.45, 7) is 6.49. The molecular formula is C10H18N2O. The molecule has 1 heterocycles. The highest BCUT2D eigenvalue weighted by Gasteiger charge is 2.25. The summed E-state index contributed by atoms with van der Waals surface area (Å²) in [5.74, 6) is 2.72. The first kappa shape index (κ1) is 10.5. The lowest BCUT2D eigenvalue weighted by Crippen LogP contribution is -2.51. The molecule has 13 heavy (non-hydrogen) atoms. The Morgan fingerprint density at radius 2 is 2.31 bits per heavy atom. The summed E-state index contributed by atoms with van der Waals surface area (Å²) in [6.07, 6.45) is 5.49.